The molecular formula is C23H18ClN3O4S. The molecule has 1 amide bonds. The van der Waals surface area contributed by atoms with E-state index in [1.54, 1.807) is 12.1 Å². The summed E-state index contributed by atoms with van der Waals surface area (Å²) >= 11 is 7.68. The Hall–Kier alpha value is -3.36. The van der Waals surface area contributed by atoms with Gasteiger partial charge in [0.05, 0.1) is 22.4 Å². The van der Waals surface area contributed by atoms with E-state index in [2.05, 4.69) is 10.3 Å². The summed E-state index contributed by atoms with van der Waals surface area (Å²) in [4.78, 5) is 30.9. The highest BCUT2D eigenvalue weighted by Gasteiger charge is 2.18. The maximum absolute atomic E-state index is 13.2. The number of hydrogen-bond donors (Lipinski definition) is 1. The van der Waals surface area contributed by atoms with Crippen LogP contribution in [0.3, 0.4) is 0 Å². The Labute approximate surface area is 192 Å². The predicted molar refractivity (Wildman–Crippen MR) is 125 cm³/mol. The molecule has 1 aliphatic rings. The minimum absolute atomic E-state index is 0.199. The minimum Gasteiger partial charge on any atom is -0.486 e. The fourth-order valence-electron chi connectivity index (χ4n) is 3.53. The number of halogens is 1. The van der Waals surface area contributed by atoms with Gasteiger partial charge >= 0.3 is 0 Å². The van der Waals surface area contributed by atoms with E-state index in [-0.39, 0.29) is 12.1 Å². The van der Waals surface area contributed by atoms with Crippen molar-refractivity contribution in [3.63, 3.8) is 0 Å². The van der Waals surface area contributed by atoms with Crippen LogP contribution in [0.1, 0.15) is 5.56 Å². The van der Waals surface area contributed by atoms with Gasteiger partial charge in [-0.1, -0.05) is 41.4 Å². The van der Waals surface area contributed by atoms with E-state index in [1.165, 1.54) is 22.2 Å². The van der Waals surface area contributed by atoms with Crippen LogP contribution < -0.4 is 20.3 Å². The molecule has 0 atom stereocenters. The quantitative estimate of drug-likeness (QED) is 0.478. The third kappa shape index (κ3) is 3.83. The van der Waals surface area contributed by atoms with Crippen LogP contribution in [0.15, 0.2) is 52.9 Å². The Balaban J connectivity index is 1.42. The molecule has 0 unspecified atom stereocenters. The maximum Gasteiger partial charge on any atom is 0.263 e. The normalized spacial score (nSPS) is 12.7. The topological polar surface area (TPSA) is 82.5 Å². The SMILES string of the molecule is Cc1ccc(-c2csc3ncn(CC(=O)Nc4cc5c(cc4Cl)OCCO5)c(=O)c23)cc1. The molecule has 1 aliphatic heterocycles. The van der Waals surface area contributed by atoms with Crippen molar-refractivity contribution in [2.75, 3.05) is 18.5 Å². The van der Waals surface area contributed by atoms with E-state index in [0.717, 1.165) is 16.7 Å². The summed E-state index contributed by atoms with van der Waals surface area (Å²) in [6.45, 7) is 2.68. The predicted octanol–water partition coefficient (Wildman–Crippen LogP) is 4.50. The van der Waals surface area contributed by atoms with Crippen LogP contribution in [0.5, 0.6) is 11.5 Å². The van der Waals surface area contributed by atoms with Crippen LogP contribution in [0, 0.1) is 6.92 Å². The minimum atomic E-state index is -0.404. The lowest BCUT2D eigenvalue weighted by Crippen LogP contribution is -2.28. The number of benzene rings is 2. The highest BCUT2D eigenvalue weighted by Crippen LogP contribution is 2.38. The van der Waals surface area contributed by atoms with Gasteiger partial charge in [0.25, 0.3) is 5.56 Å². The average Bonchev–Trinajstić information content (AvgIpc) is 3.22. The number of carbonyl (C=O) groups is 1. The van der Waals surface area contributed by atoms with Crippen LogP contribution >= 0.6 is 22.9 Å². The fraction of sp³-hybridized carbons (Fsp3) is 0.174. The lowest BCUT2D eigenvalue weighted by molar-refractivity contribution is -0.116. The molecule has 0 bridgehead atoms. The number of aryl methyl sites for hydroxylation is 1. The van der Waals surface area contributed by atoms with Gasteiger partial charge in [0, 0.05) is 23.1 Å². The number of nitrogens with zero attached hydrogens (tertiary/aromatic N) is 2. The first kappa shape index (κ1) is 20.5. The van der Waals surface area contributed by atoms with Gasteiger partial charge in [-0.15, -0.1) is 11.3 Å². The molecule has 5 rings (SSSR count). The Morgan fingerprint density at radius 2 is 1.91 bits per heavy atom. The molecule has 1 N–H and O–H groups in total. The second-order valence-electron chi connectivity index (χ2n) is 7.40. The molecule has 3 heterocycles. The van der Waals surface area contributed by atoms with E-state index in [1.807, 2.05) is 36.6 Å². The molecule has 0 fully saturated rings. The number of carbonyl (C=O) groups excluding carboxylic acids is 1. The molecule has 162 valence electrons. The Kier molecular flexibility index (Phi) is 5.32. The van der Waals surface area contributed by atoms with Crippen LogP contribution in [-0.2, 0) is 11.3 Å². The van der Waals surface area contributed by atoms with Crippen molar-refractivity contribution >= 4 is 44.7 Å². The first-order chi connectivity index (χ1) is 15.5. The largest absolute Gasteiger partial charge is 0.486 e. The van der Waals surface area contributed by atoms with Gasteiger partial charge in [0.1, 0.15) is 24.6 Å². The third-order valence-electron chi connectivity index (χ3n) is 5.14. The second-order valence-corrected chi connectivity index (χ2v) is 8.66. The summed E-state index contributed by atoms with van der Waals surface area (Å²) in [6.07, 6.45) is 1.39. The van der Waals surface area contributed by atoms with Crippen molar-refractivity contribution < 1.29 is 14.3 Å². The number of aromatic nitrogens is 2. The molecule has 4 aromatic rings. The number of fused-ring (bicyclic) bond motifs is 2. The zero-order chi connectivity index (χ0) is 22.2. The van der Waals surface area contributed by atoms with E-state index in [0.29, 0.717) is 45.6 Å². The van der Waals surface area contributed by atoms with Crippen LogP contribution in [0.2, 0.25) is 5.02 Å². The van der Waals surface area contributed by atoms with Crippen LogP contribution in [0.4, 0.5) is 5.69 Å². The Bertz CT molecular complexity index is 1400. The molecule has 7 nitrogen and oxygen atoms in total. The number of thiophene rings is 1. The van der Waals surface area contributed by atoms with Crippen LogP contribution in [-0.4, -0.2) is 28.7 Å². The van der Waals surface area contributed by atoms with E-state index >= 15 is 0 Å². The first-order valence-corrected chi connectivity index (χ1v) is 11.2. The van der Waals surface area contributed by atoms with Gasteiger partial charge in [-0.05, 0) is 12.5 Å². The van der Waals surface area contributed by atoms with Gasteiger partial charge < -0.3 is 14.8 Å². The maximum atomic E-state index is 13.2. The molecule has 2 aromatic heterocycles. The molecular weight excluding hydrogens is 450 g/mol. The van der Waals surface area contributed by atoms with Crippen molar-refractivity contribution in [1.82, 2.24) is 9.55 Å². The summed E-state index contributed by atoms with van der Waals surface area (Å²) in [5.74, 6) is 0.641. The van der Waals surface area contributed by atoms with Gasteiger partial charge in [-0.3, -0.25) is 14.2 Å². The van der Waals surface area contributed by atoms with Crippen LogP contribution in [0.25, 0.3) is 21.3 Å². The molecule has 0 saturated heterocycles. The number of rotatable bonds is 4. The number of ether oxygens (including phenoxy) is 2. The number of hydrogen-bond acceptors (Lipinski definition) is 6. The van der Waals surface area contributed by atoms with Gasteiger partial charge in [0.15, 0.2) is 11.5 Å². The van der Waals surface area contributed by atoms with Crippen molar-refractivity contribution in [2.45, 2.75) is 13.5 Å². The summed E-state index contributed by atoms with van der Waals surface area (Å²) in [5.41, 5.74) is 3.01. The summed E-state index contributed by atoms with van der Waals surface area (Å²) < 4.78 is 12.3. The molecule has 9 heteroatoms. The van der Waals surface area contributed by atoms with Gasteiger partial charge in [0.2, 0.25) is 5.91 Å². The van der Waals surface area contributed by atoms with Crippen molar-refractivity contribution in [2.24, 2.45) is 0 Å². The fourth-order valence-corrected chi connectivity index (χ4v) is 4.64. The molecule has 2 aromatic carbocycles. The highest BCUT2D eigenvalue weighted by atomic mass is 35.5. The zero-order valence-corrected chi connectivity index (χ0v) is 18.6. The van der Waals surface area contributed by atoms with Gasteiger partial charge in [-0.25, -0.2) is 4.98 Å². The first-order valence-electron chi connectivity index (χ1n) is 9.92. The number of nitrogens with one attached hydrogen (secondary N) is 1. The van der Waals surface area contributed by atoms with E-state index < -0.39 is 5.91 Å². The second kappa shape index (κ2) is 8.29. The molecule has 0 spiro atoms. The Morgan fingerprint density at radius 1 is 1.19 bits per heavy atom. The van der Waals surface area contributed by atoms with Gasteiger partial charge in [-0.2, -0.15) is 0 Å². The van der Waals surface area contributed by atoms with E-state index in [4.69, 9.17) is 21.1 Å². The molecule has 32 heavy (non-hydrogen) atoms. The highest BCUT2D eigenvalue weighted by molar-refractivity contribution is 7.17. The van der Waals surface area contributed by atoms with E-state index in [9.17, 15) is 9.59 Å². The monoisotopic (exact) mass is 467 g/mol. The van der Waals surface area contributed by atoms with Crippen molar-refractivity contribution in [1.29, 1.82) is 0 Å². The average molecular weight is 468 g/mol. The molecule has 0 saturated carbocycles. The lowest BCUT2D eigenvalue weighted by atomic mass is 10.1. The Morgan fingerprint density at radius 3 is 2.66 bits per heavy atom. The zero-order valence-electron chi connectivity index (χ0n) is 17.1. The third-order valence-corrected chi connectivity index (χ3v) is 6.34. The molecule has 0 radical (unpaired) electrons. The number of amides is 1. The van der Waals surface area contributed by atoms with Crippen molar-refractivity contribution in [3.8, 4) is 22.6 Å². The summed E-state index contributed by atoms with van der Waals surface area (Å²) in [6, 6.07) is 11.2. The smallest absolute Gasteiger partial charge is 0.263 e. The summed E-state index contributed by atoms with van der Waals surface area (Å²) in [7, 11) is 0. The lowest BCUT2D eigenvalue weighted by Gasteiger charge is -2.20. The van der Waals surface area contributed by atoms with Crippen molar-refractivity contribution in [3.05, 3.63) is 69.0 Å². The standard InChI is InChI=1S/C23H18ClN3O4S/c1-13-2-4-14(5-3-13)15-11-32-22-21(15)23(29)27(12-25-22)10-20(28)26-17-9-19-18(8-16(17)24)30-6-7-31-19/h2-5,8-9,11-12H,6-7,10H2,1H3,(H,26,28). The molecule has 0 aliphatic carbocycles. The summed E-state index contributed by atoms with van der Waals surface area (Å²) in [5, 5.41) is 5.49. The number of anilines is 1.